The summed E-state index contributed by atoms with van der Waals surface area (Å²) in [7, 11) is 0. The highest BCUT2D eigenvalue weighted by molar-refractivity contribution is 7.13. The molecule has 2 aromatic heterocycles. The second kappa shape index (κ2) is 5.00. The maximum absolute atomic E-state index is 5.72. The van der Waals surface area contributed by atoms with E-state index in [4.69, 9.17) is 4.74 Å². The van der Waals surface area contributed by atoms with E-state index < -0.39 is 0 Å². The number of thiophene rings is 1. The summed E-state index contributed by atoms with van der Waals surface area (Å²) >= 11 is 1.74. The Morgan fingerprint density at radius 2 is 2.59 bits per heavy atom. The fourth-order valence-corrected chi connectivity index (χ4v) is 2.80. The lowest BCUT2D eigenvalue weighted by molar-refractivity contribution is 0.0185. The molecule has 1 saturated heterocycles. The molecule has 0 amide bonds. The number of ether oxygens (including phenoxy) is 1. The molecule has 1 atom stereocenters. The second-order valence-electron chi connectivity index (χ2n) is 4.11. The number of morpholine rings is 1. The molecule has 0 saturated carbocycles. The van der Waals surface area contributed by atoms with Gasteiger partial charge in [-0.25, -0.2) is 4.98 Å². The van der Waals surface area contributed by atoms with Gasteiger partial charge in [0.25, 0.3) is 0 Å². The van der Waals surface area contributed by atoms with Crippen molar-refractivity contribution in [3.63, 3.8) is 0 Å². The van der Waals surface area contributed by atoms with Gasteiger partial charge in [-0.15, -0.1) is 11.3 Å². The van der Waals surface area contributed by atoms with Gasteiger partial charge in [0.2, 0.25) is 0 Å². The summed E-state index contributed by atoms with van der Waals surface area (Å²) in [5.41, 5.74) is 1.18. The van der Waals surface area contributed by atoms with E-state index in [9.17, 15) is 0 Å². The number of rotatable bonds is 3. The van der Waals surface area contributed by atoms with Crippen molar-refractivity contribution >= 4 is 11.3 Å². The molecule has 3 rings (SSSR count). The standard InChI is InChI=1S/C12H15N3OS/c1-2-12(17-5-1)11-7-14-9-15(11)8-10-6-13-3-4-16-10/h1-2,5,7,9-10,13H,3-4,6,8H2. The van der Waals surface area contributed by atoms with Crippen LogP contribution >= 0.6 is 11.3 Å². The van der Waals surface area contributed by atoms with Crippen molar-refractivity contribution in [2.24, 2.45) is 0 Å². The third-order valence-corrected chi connectivity index (χ3v) is 3.78. The Morgan fingerprint density at radius 1 is 1.59 bits per heavy atom. The van der Waals surface area contributed by atoms with Crippen LogP contribution in [0.1, 0.15) is 0 Å². The SMILES string of the molecule is c1csc(-c2cncn2CC2CNCCO2)c1. The van der Waals surface area contributed by atoms with Crippen LogP contribution in [0, 0.1) is 0 Å². The normalized spacial score (nSPS) is 20.6. The van der Waals surface area contributed by atoms with Crippen molar-refractivity contribution in [1.82, 2.24) is 14.9 Å². The van der Waals surface area contributed by atoms with Gasteiger partial charge in [0.15, 0.2) is 0 Å². The molecule has 17 heavy (non-hydrogen) atoms. The van der Waals surface area contributed by atoms with E-state index >= 15 is 0 Å². The molecule has 4 nitrogen and oxygen atoms in total. The molecule has 1 unspecified atom stereocenters. The summed E-state index contributed by atoms with van der Waals surface area (Å²) in [6, 6.07) is 4.19. The Bertz CT molecular complexity index is 460. The monoisotopic (exact) mass is 249 g/mol. The Morgan fingerprint density at radius 3 is 3.35 bits per heavy atom. The van der Waals surface area contributed by atoms with Crippen LogP contribution in [0.5, 0.6) is 0 Å². The van der Waals surface area contributed by atoms with Crippen LogP contribution in [-0.4, -0.2) is 35.4 Å². The van der Waals surface area contributed by atoms with Gasteiger partial charge in [-0.05, 0) is 11.4 Å². The summed E-state index contributed by atoms with van der Waals surface area (Å²) in [5.74, 6) is 0. The van der Waals surface area contributed by atoms with Crippen molar-refractivity contribution in [2.45, 2.75) is 12.6 Å². The molecule has 1 fully saturated rings. The number of imidazole rings is 1. The highest BCUT2D eigenvalue weighted by atomic mass is 32.1. The minimum Gasteiger partial charge on any atom is -0.374 e. The van der Waals surface area contributed by atoms with Crippen LogP contribution < -0.4 is 5.32 Å². The van der Waals surface area contributed by atoms with Gasteiger partial charge in [0, 0.05) is 13.1 Å². The van der Waals surface area contributed by atoms with E-state index in [0.29, 0.717) is 0 Å². The molecule has 0 bridgehead atoms. The van der Waals surface area contributed by atoms with E-state index in [1.807, 2.05) is 12.5 Å². The lowest BCUT2D eigenvalue weighted by Gasteiger charge is -2.24. The average molecular weight is 249 g/mol. The van der Waals surface area contributed by atoms with Crippen LogP contribution in [0.15, 0.2) is 30.0 Å². The van der Waals surface area contributed by atoms with Crippen molar-refractivity contribution in [2.75, 3.05) is 19.7 Å². The molecule has 2 aromatic rings. The zero-order chi connectivity index (χ0) is 11.5. The van der Waals surface area contributed by atoms with E-state index in [1.54, 1.807) is 11.3 Å². The first kappa shape index (κ1) is 11.0. The first-order valence-electron chi connectivity index (χ1n) is 5.80. The number of hydrogen-bond donors (Lipinski definition) is 1. The molecule has 0 radical (unpaired) electrons. The van der Waals surface area contributed by atoms with Gasteiger partial charge in [-0.1, -0.05) is 6.07 Å². The second-order valence-corrected chi connectivity index (χ2v) is 5.05. The summed E-state index contributed by atoms with van der Waals surface area (Å²) in [4.78, 5) is 5.49. The Kier molecular flexibility index (Phi) is 3.22. The number of hydrogen-bond acceptors (Lipinski definition) is 4. The smallest absolute Gasteiger partial charge is 0.0952 e. The minimum absolute atomic E-state index is 0.247. The summed E-state index contributed by atoms with van der Waals surface area (Å²) in [6.45, 7) is 3.54. The number of nitrogens with zero attached hydrogens (tertiary/aromatic N) is 2. The van der Waals surface area contributed by atoms with Crippen molar-refractivity contribution < 1.29 is 4.74 Å². The fraction of sp³-hybridized carbons (Fsp3) is 0.417. The van der Waals surface area contributed by atoms with E-state index in [-0.39, 0.29) is 6.10 Å². The molecular weight excluding hydrogens is 234 g/mol. The van der Waals surface area contributed by atoms with E-state index in [0.717, 1.165) is 26.2 Å². The van der Waals surface area contributed by atoms with Gasteiger partial charge in [0.1, 0.15) is 0 Å². The van der Waals surface area contributed by atoms with Crippen LogP contribution in [0.3, 0.4) is 0 Å². The van der Waals surface area contributed by atoms with Crippen molar-refractivity contribution in [3.05, 3.63) is 30.0 Å². The summed E-state index contributed by atoms with van der Waals surface area (Å²) in [6.07, 6.45) is 4.05. The van der Waals surface area contributed by atoms with Crippen molar-refractivity contribution in [1.29, 1.82) is 0 Å². The van der Waals surface area contributed by atoms with E-state index in [1.165, 1.54) is 10.6 Å². The topological polar surface area (TPSA) is 39.1 Å². The van der Waals surface area contributed by atoms with Gasteiger partial charge in [-0.3, -0.25) is 0 Å². The number of nitrogens with one attached hydrogen (secondary N) is 1. The largest absolute Gasteiger partial charge is 0.374 e. The first-order valence-corrected chi connectivity index (χ1v) is 6.68. The van der Waals surface area contributed by atoms with Crippen LogP contribution in [0.4, 0.5) is 0 Å². The zero-order valence-corrected chi connectivity index (χ0v) is 10.3. The molecule has 1 N–H and O–H groups in total. The predicted octanol–water partition coefficient (Wildman–Crippen LogP) is 1.60. The van der Waals surface area contributed by atoms with Gasteiger partial charge in [-0.2, -0.15) is 0 Å². The molecule has 90 valence electrons. The molecule has 0 spiro atoms. The van der Waals surface area contributed by atoms with Crippen LogP contribution in [0.2, 0.25) is 0 Å². The molecule has 1 aliphatic rings. The van der Waals surface area contributed by atoms with Crippen LogP contribution in [-0.2, 0) is 11.3 Å². The lowest BCUT2D eigenvalue weighted by Crippen LogP contribution is -2.40. The van der Waals surface area contributed by atoms with Gasteiger partial charge >= 0.3 is 0 Å². The molecule has 0 aromatic carbocycles. The maximum atomic E-state index is 5.72. The summed E-state index contributed by atoms with van der Waals surface area (Å²) in [5, 5.41) is 5.43. The first-order chi connectivity index (χ1) is 8.43. The Labute approximate surface area is 104 Å². The quantitative estimate of drug-likeness (QED) is 0.898. The predicted molar refractivity (Wildman–Crippen MR) is 68.1 cm³/mol. The number of aromatic nitrogens is 2. The van der Waals surface area contributed by atoms with Gasteiger partial charge in [0.05, 0.1) is 42.4 Å². The zero-order valence-electron chi connectivity index (χ0n) is 9.50. The molecule has 1 aliphatic heterocycles. The van der Waals surface area contributed by atoms with Crippen molar-refractivity contribution in [3.8, 4) is 10.6 Å². The summed E-state index contributed by atoms with van der Waals surface area (Å²) < 4.78 is 7.89. The fourth-order valence-electron chi connectivity index (χ4n) is 2.05. The van der Waals surface area contributed by atoms with E-state index in [2.05, 4.69) is 32.4 Å². The highest BCUT2D eigenvalue weighted by Gasteiger charge is 2.16. The highest BCUT2D eigenvalue weighted by Crippen LogP contribution is 2.24. The van der Waals surface area contributed by atoms with Crippen LogP contribution in [0.25, 0.3) is 10.6 Å². The average Bonchev–Trinajstić information content (AvgIpc) is 3.00. The Hall–Kier alpha value is -1.17. The molecule has 5 heteroatoms. The molecular formula is C12H15N3OS. The van der Waals surface area contributed by atoms with Gasteiger partial charge < -0.3 is 14.6 Å². The minimum atomic E-state index is 0.247. The molecule has 0 aliphatic carbocycles. The maximum Gasteiger partial charge on any atom is 0.0952 e. The molecule has 3 heterocycles. The third-order valence-electron chi connectivity index (χ3n) is 2.89. The third kappa shape index (κ3) is 2.41. The lowest BCUT2D eigenvalue weighted by atomic mass is 10.3. The Balaban J connectivity index is 1.77.